The van der Waals surface area contributed by atoms with Crippen molar-refractivity contribution in [2.24, 2.45) is 0 Å². The number of benzene rings is 1. The molecule has 0 atom stereocenters. The highest BCUT2D eigenvalue weighted by Crippen LogP contribution is 2.29. The van der Waals surface area contributed by atoms with E-state index in [0.717, 1.165) is 5.56 Å². The number of piperazine rings is 1. The van der Waals surface area contributed by atoms with Crippen LogP contribution in [-0.4, -0.2) is 79.6 Å². The number of aryl methyl sites for hydroxylation is 1. The van der Waals surface area contributed by atoms with Gasteiger partial charge in [-0.1, -0.05) is 0 Å². The molecule has 1 N–H and O–H groups in total. The predicted molar refractivity (Wildman–Crippen MR) is 109 cm³/mol. The van der Waals surface area contributed by atoms with Crippen molar-refractivity contribution >= 4 is 23.2 Å². The Balaban J connectivity index is 1.55. The Hall–Kier alpha value is -2.36. The van der Waals surface area contributed by atoms with Crippen molar-refractivity contribution in [2.75, 3.05) is 53.0 Å². The standard InChI is InChI=1S/C20H25FN4O3S/c1-14-18(29-19(23-14)15-3-5-16(21)6-4-15)20(27)25-10-8-24(9-11-25)13-17(26)22-7-12-28-2/h3-6H,7-13H2,1-2H3,(H,22,26). The van der Waals surface area contributed by atoms with Crippen LogP contribution in [-0.2, 0) is 9.53 Å². The van der Waals surface area contributed by atoms with Crippen LogP contribution in [0, 0.1) is 12.7 Å². The Labute approximate surface area is 173 Å². The highest BCUT2D eigenvalue weighted by Gasteiger charge is 2.26. The highest BCUT2D eigenvalue weighted by molar-refractivity contribution is 7.17. The molecule has 29 heavy (non-hydrogen) atoms. The molecular formula is C20H25FN4O3S. The molecule has 9 heteroatoms. The number of ether oxygens (including phenoxy) is 1. The minimum Gasteiger partial charge on any atom is -0.383 e. The predicted octanol–water partition coefficient (Wildman–Crippen LogP) is 1.78. The molecule has 0 unspecified atom stereocenters. The molecule has 1 aliphatic rings. The fraction of sp³-hybridized carbons (Fsp3) is 0.450. The number of methoxy groups -OCH3 is 1. The number of rotatable bonds is 7. The second-order valence-electron chi connectivity index (χ2n) is 6.85. The molecule has 0 bridgehead atoms. The second kappa shape index (κ2) is 9.91. The summed E-state index contributed by atoms with van der Waals surface area (Å²) in [6.07, 6.45) is 0. The lowest BCUT2D eigenvalue weighted by Crippen LogP contribution is -2.51. The van der Waals surface area contributed by atoms with Crippen LogP contribution in [0.15, 0.2) is 24.3 Å². The van der Waals surface area contributed by atoms with Gasteiger partial charge in [-0.25, -0.2) is 9.37 Å². The minimum atomic E-state index is -0.302. The third kappa shape index (κ3) is 5.59. The molecule has 2 heterocycles. The summed E-state index contributed by atoms with van der Waals surface area (Å²) in [4.78, 5) is 33.8. The van der Waals surface area contributed by atoms with Crippen LogP contribution in [0.3, 0.4) is 0 Å². The van der Waals surface area contributed by atoms with E-state index in [4.69, 9.17) is 4.74 Å². The Morgan fingerprint density at radius 2 is 1.90 bits per heavy atom. The maximum atomic E-state index is 13.1. The van der Waals surface area contributed by atoms with Crippen LogP contribution in [0.25, 0.3) is 10.6 Å². The zero-order chi connectivity index (χ0) is 20.8. The van der Waals surface area contributed by atoms with E-state index in [-0.39, 0.29) is 17.6 Å². The first-order chi connectivity index (χ1) is 14.0. The number of aromatic nitrogens is 1. The van der Waals surface area contributed by atoms with Gasteiger partial charge in [-0.2, -0.15) is 0 Å². The van der Waals surface area contributed by atoms with E-state index in [1.807, 2.05) is 11.8 Å². The normalized spacial score (nSPS) is 14.8. The molecule has 1 aliphatic heterocycles. The van der Waals surface area contributed by atoms with Gasteiger partial charge in [0.15, 0.2) is 0 Å². The van der Waals surface area contributed by atoms with Gasteiger partial charge in [-0.15, -0.1) is 11.3 Å². The average molecular weight is 421 g/mol. The zero-order valence-corrected chi connectivity index (χ0v) is 17.4. The van der Waals surface area contributed by atoms with E-state index < -0.39 is 0 Å². The number of hydrogen-bond acceptors (Lipinski definition) is 6. The third-order valence-corrected chi connectivity index (χ3v) is 5.93. The summed E-state index contributed by atoms with van der Waals surface area (Å²) in [5, 5.41) is 3.51. The molecule has 2 aromatic rings. The molecule has 0 aliphatic carbocycles. The number of carbonyl (C=O) groups excluding carboxylic acids is 2. The van der Waals surface area contributed by atoms with Gasteiger partial charge in [0.1, 0.15) is 15.7 Å². The molecule has 1 aromatic heterocycles. The summed E-state index contributed by atoms with van der Waals surface area (Å²) < 4.78 is 18.1. The van der Waals surface area contributed by atoms with Crippen LogP contribution < -0.4 is 5.32 Å². The highest BCUT2D eigenvalue weighted by atomic mass is 32.1. The molecule has 3 rings (SSSR count). The number of thiazole rings is 1. The van der Waals surface area contributed by atoms with E-state index in [9.17, 15) is 14.0 Å². The monoisotopic (exact) mass is 420 g/mol. The van der Waals surface area contributed by atoms with Crippen LogP contribution in [0.4, 0.5) is 4.39 Å². The van der Waals surface area contributed by atoms with Gasteiger partial charge >= 0.3 is 0 Å². The smallest absolute Gasteiger partial charge is 0.265 e. The van der Waals surface area contributed by atoms with Gasteiger partial charge in [-0.05, 0) is 31.2 Å². The Morgan fingerprint density at radius 3 is 2.55 bits per heavy atom. The van der Waals surface area contributed by atoms with Crippen molar-refractivity contribution in [3.8, 4) is 10.6 Å². The van der Waals surface area contributed by atoms with E-state index in [2.05, 4.69) is 10.3 Å². The van der Waals surface area contributed by atoms with Crippen molar-refractivity contribution in [2.45, 2.75) is 6.92 Å². The van der Waals surface area contributed by atoms with Gasteiger partial charge in [-0.3, -0.25) is 14.5 Å². The third-order valence-electron chi connectivity index (χ3n) is 4.74. The molecule has 156 valence electrons. The van der Waals surface area contributed by atoms with Gasteiger partial charge in [0.25, 0.3) is 5.91 Å². The number of halogens is 1. The molecule has 0 radical (unpaired) electrons. The fourth-order valence-corrected chi connectivity index (χ4v) is 4.15. The summed E-state index contributed by atoms with van der Waals surface area (Å²) >= 11 is 1.33. The molecule has 7 nitrogen and oxygen atoms in total. The SMILES string of the molecule is COCCNC(=O)CN1CCN(C(=O)c2sc(-c3ccc(F)cc3)nc2C)CC1. The van der Waals surface area contributed by atoms with E-state index in [1.54, 1.807) is 24.1 Å². The number of amides is 2. The molecular weight excluding hydrogens is 395 g/mol. The van der Waals surface area contributed by atoms with E-state index >= 15 is 0 Å². The first-order valence-corrected chi connectivity index (χ1v) is 10.3. The summed E-state index contributed by atoms with van der Waals surface area (Å²) in [6.45, 7) is 5.54. The van der Waals surface area contributed by atoms with E-state index in [1.165, 1.54) is 23.5 Å². The maximum absolute atomic E-state index is 13.1. The molecule has 1 aromatic carbocycles. The number of nitrogens with one attached hydrogen (secondary N) is 1. The van der Waals surface area contributed by atoms with Gasteiger partial charge in [0.2, 0.25) is 5.91 Å². The summed E-state index contributed by atoms with van der Waals surface area (Å²) in [7, 11) is 1.59. The lowest BCUT2D eigenvalue weighted by molar-refractivity contribution is -0.122. The van der Waals surface area contributed by atoms with E-state index in [0.29, 0.717) is 61.5 Å². The average Bonchev–Trinajstić information content (AvgIpc) is 3.10. The van der Waals surface area contributed by atoms with Crippen LogP contribution in [0.2, 0.25) is 0 Å². The first-order valence-electron chi connectivity index (χ1n) is 9.48. The number of carbonyl (C=O) groups is 2. The molecule has 2 amide bonds. The number of hydrogen-bond donors (Lipinski definition) is 1. The molecule has 0 saturated carbocycles. The van der Waals surface area contributed by atoms with Crippen molar-refractivity contribution in [3.05, 3.63) is 40.7 Å². The summed E-state index contributed by atoms with van der Waals surface area (Å²) in [5.41, 5.74) is 1.47. The van der Waals surface area contributed by atoms with Crippen LogP contribution in [0.5, 0.6) is 0 Å². The van der Waals surface area contributed by atoms with Crippen molar-refractivity contribution < 1.29 is 18.7 Å². The lowest BCUT2D eigenvalue weighted by atomic mass is 10.2. The molecule has 0 spiro atoms. The Morgan fingerprint density at radius 1 is 1.21 bits per heavy atom. The molecule has 1 fully saturated rings. The fourth-order valence-electron chi connectivity index (χ4n) is 3.11. The largest absolute Gasteiger partial charge is 0.383 e. The molecule has 1 saturated heterocycles. The van der Waals surface area contributed by atoms with Crippen LogP contribution in [0.1, 0.15) is 15.4 Å². The first kappa shape index (κ1) is 21.4. The summed E-state index contributed by atoms with van der Waals surface area (Å²) in [5.74, 6) is -0.384. The van der Waals surface area contributed by atoms with Gasteiger partial charge < -0.3 is 15.0 Å². The zero-order valence-electron chi connectivity index (χ0n) is 16.6. The van der Waals surface area contributed by atoms with Crippen LogP contribution >= 0.6 is 11.3 Å². The van der Waals surface area contributed by atoms with Crippen molar-refractivity contribution in [3.63, 3.8) is 0 Å². The van der Waals surface area contributed by atoms with Crippen molar-refractivity contribution in [1.29, 1.82) is 0 Å². The summed E-state index contributed by atoms with van der Waals surface area (Å²) in [6, 6.07) is 6.10. The Bertz CT molecular complexity index is 848. The maximum Gasteiger partial charge on any atom is 0.265 e. The topological polar surface area (TPSA) is 74.8 Å². The van der Waals surface area contributed by atoms with Gasteiger partial charge in [0, 0.05) is 45.4 Å². The van der Waals surface area contributed by atoms with Gasteiger partial charge in [0.05, 0.1) is 18.8 Å². The lowest BCUT2D eigenvalue weighted by Gasteiger charge is -2.34. The van der Waals surface area contributed by atoms with Crippen molar-refractivity contribution in [1.82, 2.24) is 20.1 Å². The minimum absolute atomic E-state index is 0.0379. The number of nitrogens with zero attached hydrogens (tertiary/aromatic N) is 3. The quantitative estimate of drug-likeness (QED) is 0.691. The Kier molecular flexibility index (Phi) is 7.29. The second-order valence-corrected chi connectivity index (χ2v) is 7.85.